The summed E-state index contributed by atoms with van der Waals surface area (Å²) in [5.41, 5.74) is 2.38. The van der Waals surface area contributed by atoms with Crippen LogP contribution in [-0.2, 0) is 15.1 Å². The Morgan fingerprint density at radius 3 is 2.36 bits per heavy atom. The minimum absolute atomic E-state index is 0.220. The number of aryl methyl sites for hydroxylation is 1. The van der Waals surface area contributed by atoms with Crippen molar-refractivity contribution in [3.63, 3.8) is 0 Å². The predicted octanol–water partition coefficient (Wildman–Crippen LogP) is 5.66. The number of hydrogen-bond acceptors (Lipinski definition) is 4. The lowest BCUT2D eigenvalue weighted by Gasteiger charge is -2.42. The lowest BCUT2D eigenvalue weighted by molar-refractivity contribution is 0.433. The van der Waals surface area contributed by atoms with Crippen molar-refractivity contribution in [2.24, 2.45) is 0 Å². The van der Waals surface area contributed by atoms with Crippen LogP contribution in [0.1, 0.15) is 29.3 Å². The molecule has 0 unspecified atom stereocenters. The van der Waals surface area contributed by atoms with Gasteiger partial charge >= 0.3 is 0 Å². The van der Waals surface area contributed by atoms with Crippen LogP contribution in [0.2, 0.25) is 0 Å². The minimum atomic E-state index is -1.34. The van der Waals surface area contributed by atoms with Gasteiger partial charge in [-0.2, -0.15) is 0 Å². The molecule has 0 amide bonds. The molecule has 3 aromatic rings. The first kappa shape index (κ1) is 19.8. The molecule has 146 valence electrons. The molecule has 1 aromatic heterocycles. The van der Waals surface area contributed by atoms with E-state index in [-0.39, 0.29) is 10.1 Å². The molecule has 1 aliphatic heterocycles. The molecular formula is C22H23NO2S3. The quantitative estimate of drug-likeness (QED) is 0.549. The van der Waals surface area contributed by atoms with Crippen LogP contribution in [0.15, 0.2) is 82.3 Å². The molecule has 0 saturated carbocycles. The Labute approximate surface area is 177 Å². The molecule has 1 N–H and O–H groups in total. The van der Waals surface area contributed by atoms with Crippen LogP contribution in [0.3, 0.4) is 0 Å². The molecule has 0 radical (unpaired) electrons. The number of thioether (sulfide) groups is 2. The summed E-state index contributed by atoms with van der Waals surface area (Å²) in [7, 11) is -1.34. The van der Waals surface area contributed by atoms with Gasteiger partial charge in [0.05, 0.1) is 11.2 Å². The smallest absolute Gasteiger partial charge is 0.125 e. The molecule has 1 saturated heterocycles. The fraction of sp³-hybridized carbons (Fsp3) is 0.273. The van der Waals surface area contributed by atoms with Crippen molar-refractivity contribution in [3.05, 3.63) is 89.9 Å². The Bertz CT molecular complexity index is 905. The molecule has 2 aromatic carbocycles. The van der Waals surface area contributed by atoms with Gasteiger partial charge in [-0.3, -0.25) is 0 Å². The summed E-state index contributed by atoms with van der Waals surface area (Å²) in [4.78, 5) is 0.774. The predicted molar refractivity (Wildman–Crippen MR) is 120 cm³/mol. The first-order chi connectivity index (χ1) is 13.7. The third kappa shape index (κ3) is 4.10. The van der Waals surface area contributed by atoms with Crippen LogP contribution < -0.4 is 4.72 Å². The third-order valence-corrected chi connectivity index (χ3v) is 9.41. The normalized spacial score (nSPS) is 18.5. The summed E-state index contributed by atoms with van der Waals surface area (Å²) >= 11 is 3.83. The average molecular weight is 430 g/mol. The second-order valence-corrected chi connectivity index (χ2v) is 10.9. The van der Waals surface area contributed by atoms with Crippen LogP contribution in [0, 0.1) is 6.92 Å². The summed E-state index contributed by atoms with van der Waals surface area (Å²) < 4.78 is 22.2. The highest BCUT2D eigenvalue weighted by molar-refractivity contribution is 8.18. The van der Waals surface area contributed by atoms with Gasteiger partial charge in [-0.15, -0.1) is 23.5 Å². The van der Waals surface area contributed by atoms with Gasteiger partial charge in [0.1, 0.15) is 26.9 Å². The molecule has 3 nitrogen and oxygen atoms in total. The van der Waals surface area contributed by atoms with E-state index in [0.717, 1.165) is 27.7 Å². The SMILES string of the molecule is Cc1ccc([S@](=O)N[C@@H](c2ccco2)C2(c3ccccc3)SCCCS2)cc1. The van der Waals surface area contributed by atoms with Gasteiger partial charge in [-0.25, -0.2) is 8.93 Å². The summed E-state index contributed by atoms with van der Waals surface area (Å²) in [6.45, 7) is 2.03. The number of rotatable bonds is 6. The van der Waals surface area contributed by atoms with Crippen molar-refractivity contribution in [2.75, 3.05) is 11.5 Å². The topological polar surface area (TPSA) is 42.2 Å². The highest BCUT2D eigenvalue weighted by Gasteiger charge is 2.46. The van der Waals surface area contributed by atoms with E-state index in [1.807, 2.05) is 72.9 Å². The van der Waals surface area contributed by atoms with Crippen molar-refractivity contribution < 1.29 is 8.63 Å². The molecule has 0 bridgehead atoms. The Morgan fingerprint density at radius 2 is 1.71 bits per heavy atom. The first-order valence-electron chi connectivity index (χ1n) is 9.30. The van der Waals surface area contributed by atoms with Crippen LogP contribution in [-0.4, -0.2) is 15.7 Å². The molecule has 1 fully saturated rings. The number of benzene rings is 2. The maximum absolute atomic E-state index is 13.2. The van der Waals surface area contributed by atoms with E-state index in [1.165, 1.54) is 12.0 Å². The zero-order valence-corrected chi connectivity index (χ0v) is 18.1. The zero-order valence-electron chi connectivity index (χ0n) is 15.7. The summed E-state index contributed by atoms with van der Waals surface area (Å²) in [6.07, 6.45) is 2.87. The summed E-state index contributed by atoms with van der Waals surface area (Å²) in [5.74, 6) is 2.95. The van der Waals surface area contributed by atoms with Crippen molar-refractivity contribution in [2.45, 2.75) is 28.4 Å². The average Bonchev–Trinajstić information content (AvgIpc) is 3.28. The minimum Gasteiger partial charge on any atom is -0.468 e. The van der Waals surface area contributed by atoms with Crippen molar-refractivity contribution in [3.8, 4) is 0 Å². The Balaban J connectivity index is 1.74. The van der Waals surface area contributed by atoms with Crippen molar-refractivity contribution >= 4 is 34.5 Å². The number of nitrogens with one attached hydrogen (secondary N) is 1. The van der Waals surface area contributed by atoms with E-state index >= 15 is 0 Å². The molecule has 28 heavy (non-hydrogen) atoms. The molecule has 2 heterocycles. The largest absolute Gasteiger partial charge is 0.468 e. The lowest BCUT2D eigenvalue weighted by atomic mass is 10.0. The molecule has 2 atom stereocenters. The van der Waals surface area contributed by atoms with Crippen LogP contribution in [0.5, 0.6) is 0 Å². The summed E-state index contributed by atoms with van der Waals surface area (Å²) in [5, 5.41) is 0. The van der Waals surface area contributed by atoms with Gasteiger partial charge < -0.3 is 4.42 Å². The highest BCUT2D eigenvalue weighted by Crippen LogP contribution is 2.57. The molecule has 1 aliphatic rings. The maximum Gasteiger partial charge on any atom is 0.125 e. The fourth-order valence-electron chi connectivity index (χ4n) is 3.33. The highest BCUT2D eigenvalue weighted by atomic mass is 32.2. The number of hydrogen-bond donors (Lipinski definition) is 1. The second kappa shape index (κ2) is 8.91. The molecule has 0 spiro atoms. The molecule has 6 heteroatoms. The van der Waals surface area contributed by atoms with Gasteiger partial charge in [0.15, 0.2) is 0 Å². The third-order valence-electron chi connectivity index (χ3n) is 4.77. The van der Waals surface area contributed by atoms with Gasteiger partial charge in [-0.1, -0.05) is 48.0 Å². The zero-order chi connectivity index (χ0) is 19.4. The van der Waals surface area contributed by atoms with Gasteiger partial charge in [0, 0.05) is 0 Å². The van der Waals surface area contributed by atoms with E-state index in [1.54, 1.807) is 6.26 Å². The first-order valence-corrected chi connectivity index (χ1v) is 12.4. The Kier molecular flexibility index (Phi) is 6.31. The van der Waals surface area contributed by atoms with Gasteiger partial charge in [0.2, 0.25) is 0 Å². The maximum atomic E-state index is 13.2. The van der Waals surface area contributed by atoms with E-state index in [4.69, 9.17) is 4.42 Å². The van der Waals surface area contributed by atoms with Crippen LogP contribution in [0.25, 0.3) is 0 Å². The Morgan fingerprint density at radius 1 is 1.00 bits per heavy atom. The van der Waals surface area contributed by atoms with E-state index < -0.39 is 11.0 Å². The monoisotopic (exact) mass is 429 g/mol. The van der Waals surface area contributed by atoms with E-state index in [2.05, 4.69) is 29.0 Å². The number of furan rings is 1. The van der Waals surface area contributed by atoms with Crippen molar-refractivity contribution in [1.82, 2.24) is 4.72 Å². The van der Waals surface area contributed by atoms with Gasteiger partial charge in [-0.05, 0) is 54.7 Å². The van der Waals surface area contributed by atoms with Crippen LogP contribution in [0.4, 0.5) is 0 Å². The standard InChI is InChI=1S/C22H23NO2S3/c1-17-10-12-19(13-11-17)28(24)23-21(20-9-5-14-25-20)22(26-15-6-16-27-22)18-7-3-2-4-8-18/h2-5,7-14,21,23H,6,15-16H2,1H3/t21-,28-/m0/s1. The van der Waals surface area contributed by atoms with Crippen molar-refractivity contribution in [1.29, 1.82) is 0 Å². The Hall–Kier alpha value is -1.47. The molecule has 0 aliphatic carbocycles. The van der Waals surface area contributed by atoms with E-state index in [0.29, 0.717) is 0 Å². The summed E-state index contributed by atoms with van der Waals surface area (Å²) in [6, 6.07) is 22.0. The van der Waals surface area contributed by atoms with E-state index in [9.17, 15) is 4.21 Å². The van der Waals surface area contributed by atoms with Gasteiger partial charge in [0.25, 0.3) is 0 Å². The second-order valence-electron chi connectivity index (χ2n) is 6.73. The van der Waals surface area contributed by atoms with Crippen LogP contribution >= 0.6 is 23.5 Å². The molecule has 4 rings (SSSR count). The lowest BCUT2D eigenvalue weighted by Crippen LogP contribution is -2.39. The molecular weight excluding hydrogens is 406 g/mol. The fourth-order valence-corrected chi connectivity index (χ4v) is 8.00.